The normalized spacial score (nSPS) is 21.4. The fourth-order valence-electron chi connectivity index (χ4n) is 2.96. The van der Waals surface area contributed by atoms with Gasteiger partial charge in [0.1, 0.15) is 6.29 Å². The molecule has 0 unspecified atom stereocenters. The predicted molar refractivity (Wildman–Crippen MR) is 86.7 cm³/mol. The lowest BCUT2D eigenvalue weighted by molar-refractivity contribution is -0.104. The van der Waals surface area contributed by atoms with E-state index in [0.717, 1.165) is 17.5 Å². The van der Waals surface area contributed by atoms with Crippen molar-refractivity contribution in [1.82, 2.24) is 0 Å². The number of carbonyl (C=O) groups excluding carboxylic acids is 1. The number of nitrogens with two attached hydrogens (primary N) is 1. The zero-order valence-electron chi connectivity index (χ0n) is 12.6. The molecule has 1 fully saturated rings. The summed E-state index contributed by atoms with van der Waals surface area (Å²) in [4.78, 5) is 9.06. The minimum absolute atomic E-state index is 0.639. The number of nitrogen functional groups attached to an aromatic ring is 1. The van der Waals surface area contributed by atoms with Crippen molar-refractivity contribution in [2.45, 2.75) is 51.4 Å². The third-order valence-corrected chi connectivity index (χ3v) is 4.05. The maximum Gasteiger partial charge on any atom is 0.142 e. The number of carbonyl (C=O) groups is 1. The van der Waals surface area contributed by atoms with Crippen LogP contribution < -0.4 is 5.73 Å². The quantitative estimate of drug-likeness (QED) is 0.490. The van der Waals surface area contributed by atoms with E-state index in [2.05, 4.69) is 25.6 Å². The highest BCUT2D eigenvalue weighted by atomic mass is 16.1. The van der Waals surface area contributed by atoms with Gasteiger partial charge in [0.2, 0.25) is 0 Å². The highest BCUT2D eigenvalue weighted by Gasteiger charge is 2.21. The minimum atomic E-state index is 0.639. The summed E-state index contributed by atoms with van der Waals surface area (Å²) >= 11 is 0. The van der Waals surface area contributed by atoms with E-state index < -0.39 is 0 Å². The molecule has 0 bridgehead atoms. The van der Waals surface area contributed by atoms with Gasteiger partial charge in [0.15, 0.2) is 0 Å². The van der Waals surface area contributed by atoms with Gasteiger partial charge in [-0.1, -0.05) is 38.5 Å². The van der Waals surface area contributed by atoms with Gasteiger partial charge < -0.3 is 5.73 Å². The van der Waals surface area contributed by atoms with E-state index in [1.165, 1.54) is 50.2 Å². The fourth-order valence-corrected chi connectivity index (χ4v) is 2.96. The Labute approximate surface area is 123 Å². The van der Waals surface area contributed by atoms with Gasteiger partial charge in [-0.05, 0) is 61.3 Å². The lowest BCUT2D eigenvalue weighted by atomic mass is 9.77. The Morgan fingerprint density at radius 3 is 2.20 bits per heavy atom. The Bertz CT molecular complexity index is 382. The van der Waals surface area contributed by atoms with Crippen molar-refractivity contribution in [1.29, 1.82) is 0 Å². The van der Waals surface area contributed by atoms with Gasteiger partial charge >= 0.3 is 0 Å². The Balaban J connectivity index is 0.000000444. The molecular weight excluding hydrogens is 246 g/mol. The lowest BCUT2D eigenvalue weighted by Gasteiger charge is -2.28. The van der Waals surface area contributed by atoms with E-state index in [9.17, 15) is 0 Å². The number of anilines is 1. The number of rotatable bonds is 4. The third kappa shape index (κ3) is 5.60. The van der Waals surface area contributed by atoms with Crippen LogP contribution in [-0.4, -0.2) is 6.29 Å². The third-order valence-electron chi connectivity index (χ3n) is 4.05. The minimum Gasteiger partial charge on any atom is -0.399 e. The van der Waals surface area contributed by atoms with E-state index >= 15 is 0 Å². The maximum atomic E-state index is 9.06. The van der Waals surface area contributed by atoms with Crippen LogP contribution in [0.25, 0.3) is 0 Å². The molecular formula is C18H27NO. The molecule has 0 aliphatic heterocycles. The molecule has 0 aromatic heterocycles. The van der Waals surface area contributed by atoms with Crippen molar-refractivity contribution in [3.05, 3.63) is 42.5 Å². The summed E-state index contributed by atoms with van der Waals surface area (Å²) < 4.78 is 0. The first-order valence-electron chi connectivity index (χ1n) is 7.62. The zero-order chi connectivity index (χ0) is 14.8. The SMILES string of the molecule is C=CC=O.CCCC1CCC(c2ccc(N)cc2)CC1. The van der Waals surface area contributed by atoms with Gasteiger partial charge in [0.05, 0.1) is 0 Å². The van der Waals surface area contributed by atoms with E-state index in [0.29, 0.717) is 6.29 Å². The van der Waals surface area contributed by atoms with Gasteiger partial charge in [-0.25, -0.2) is 0 Å². The van der Waals surface area contributed by atoms with Crippen LogP contribution in [0, 0.1) is 5.92 Å². The Hall–Kier alpha value is -1.57. The number of allylic oxidation sites excluding steroid dienone is 1. The van der Waals surface area contributed by atoms with Crippen molar-refractivity contribution in [3.8, 4) is 0 Å². The molecule has 2 rings (SSSR count). The molecule has 2 nitrogen and oxygen atoms in total. The molecule has 20 heavy (non-hydrogen) atoms. The molecule has 1 saturated carbocycles. The van der Waals surface area contributed by atoms with Crippen molar-refractivity contribution in [2.75, 3.05) is 5.73 Å². The van der Waals surface area contributed by atoms with Crippen molar-refractivity contribution in [2.24, 2.45) is 5.92 Å². The van der Waals surface area contributed by atoms with E-state index in [1.807, 2.05) is 12.1 Å². The summed E-state index contributed by atoms with van der Waals surface area (Å²) in [5.41, 5.74) is 8.09. The molecule has 2 N–H and O–H groups in total. The smallest absolute Gasteiger partial charge is 0.142 e. The largest absolute Gasteiger partial charge is 0.399 e. The number of hydrogen-bond donors (Lipinski definition) is 1. The second-order valence-corrected chi connectivity index (χ2v) is 5.54. The molecule has 0 heterocycles. The molecule has 0 atom stereocenters. The van der Waals surface area contributed by atoms with Crippen LogP contribution in [0.1, 0.15) is 56.9 Å². The molecule has 1 aromatic carbocycles. The summed E-state index contributed by atoms with van der Waals surface area (Å²) in [6.07, 6.45) is 10.2. The lowest BCUT2D eigenvalue weighted by Crippen LogP contribution is -2.13. The van der Waals surface area contributed by atoms with Crippen molar-refractivity contribution >= 4 is 12.0 Å². The maximum absolute atomic E-state index is 9.06. The molecule has 110 valence electrons. The Morgan fingerprint density at radius 1 is 1.20 bits per heavy atom. The summed E-state index contributed by atoms with van der Waals surface area (Å²) in [5, 5.41) is 0. The van der Waals surface area contributed by atoms with Crippen LogP contribution in [0.2, 0.25) is 0 Å². The van der Waals surface area contributed by atoms with Crippen LogP contribution in [0.3, 0.4) is 0 Å². The standard InChI is InChI=1S/C15H23N.C3H4O/c1-2-3-12-4-6-13(7-5-12)14-8-10-15(16)11-9-14;1-2-3-4/h8-13H,2-7,16H2,1H3;2-3H,1H2. The Morgan fingerprint density at radius 2 is 1.75 bits per heavy atom. The van der Waals surface area contributed by atoms with Crippen LogP contribution >= 0.6 is 0 Å². The molecule has 1 aliphatic carbocycles. The van der Waals surface area contributed by atoms with Crippen LogP contribution in [0.4, 0.5) is 5.69 Å². The highest BCUT2D eigenvalue weighted by molar-refractivity contribution is 5.63. The summed E-state index contributed by atoms with van der Waals surface area (Å²) in [7, 11) is 0. The van der Waals surface area contributed by atoms with Gasteiger partial charge in [-0.3, -0.25) is 4.79 Å². The highest BCUT2D eigenvalue weighted by Crippen LogP contribution is 2.37. The van der Waals surface area contributed by atoms with Crippen LogP contribution in [0.5, 0.6) is 0 Å². The molecule has 1 aromatic rings. The van der Waals surface area contributed by atoms with Crippen LogP contribution in [-0.2, 0) is 4.79 Å². The van der Waals surface area contributed by atoms with Gasteiger partial charge in [0, 0.05) is 5.69 Å². The fraction of sp³-hybridized carbons (Fsp3) is 0.500. The topological polar surface area (TPSA) is 43.1 Å². The number of benzene rings is 1. The molecule has 0 amide bonds. The predicted octanol–water partition coefficient (Wildman–Crippen LogP) is 4.71. The average molecular weight is 273 g/mol. The van der Waals surface area contributed by atoms with E-state index in [-0.39, 0.29) is 0 Å². The number of aldehydes is 1. The van der Waals surface area contributed by atoms with Crippen LogP contribution in [0.15, 0.2) is 36.9 Å². The van der Waals surface area contributed by atoms with E-state index in [4.69, 9.17) is 10.5 Å². The molecule has 0 radical (unpaired) electrons. The first-order valence-corrected chi connectivity index (χ1v) is 7.62. The van der Waals surface area contributed by atoms with E-state index in [1.54, 1.807) is 0 Å². The van der Waals surface area contributed by atoms with Crippen molar-refractivity contribution < 1.29 is 4.79 Å². The molecule has 2 heteroatoms. The first-order chi connectivity index (χ1) is 9.71. The summed E-state index contributed by atoms with van der Waals surface area (Å²) in [5.74, 6) is 1.78. The van der Waals surface area contributed by atoms with Gasteiger partial charge in [-0.15, -0.1) is 0 Å². The van der Waals surface area contributed by atoms with Gasteiger partial charge in [0.25, 0.3) is 0 Å². The summed E-state index contributed by atoms with van der Waals surface area (Å²) in [6.45, 7) is 5.41. The second-order valence-electron chi connectivity index (χ2n) is 5.54. The first kappa shape index (κ1) is 16.5. The number of hydrogen-bond acceptors (Lipinski definition) is 2. The van der Waals surface area contributed by atoms with Crippen molar-refractivity contribution in [3.63, 3.8) is 0 Å². The molecule has 0 spiro atoms. The van der Waals surface area contributed by atoms with Gasteiger partial charge in [-0.2, -0.15) is 0 Å². The zero-order valence-corrected chi connectivity index (χ0v) is 12.6. The second kappa shape index (κ2) is 9.35. The molecule has 0 saturated heterocycles. The Kier molecular flexibility index (Phi) is 7.71. The summed E-state index contributed by atoms with van der Waals surface area (Å²) in [6, 6.07) is 8.49. The molecule has 1 aliphatic rings. The monoisotopic (exact) mass is 273 g/mol. The average Bonchev–Trinajstić information content (AvgIpc) is 2.50.